The number of rotatable bonds is 8. The average Bonchev–Trinajstić information content (AvgIpc) is 2.10. The fourth-order valence-corrected chi connectivity index (χ4v) is 2.79. The zero-order chi connectivity index (χ0) is 16.3. The summed E-state index contributed by atoms with van der Waals surface area (Å²) in [5.41, 5.74) is -3.25. The van der Waals surface area contributed by atoms with E-state index in [1.165, 1.54) is 0 Å². The van der Waals surface area contributed by atoms with Crippen molar-refractivity contribution in [1.29, 1.82) is 0 Å². The van der Waals surface area contributed by atoms with Gasteiger partial charge in [0.05, 0.1) is 12.8 Å². The standard InChI is InChI=1S/C8H10O11S/c9-3(10)1-8(7(15)16,2-4(11)12)5(6(13)14)20(17,18)19/h5H,1-2H2,(H,9,10)(H,11,12)(H,13,14)(H,15,16)(H,17,18,19). The lowest BCUT2D eigenvalue weighted by molar-refractivity contribution is -0.164. The predicted molar refractivity (Wildman–Crippen MR) is 57.5 cm³/mol. The van der Waals surface area contributed by atoms with Gasteiger partial charge in [-0.3, -0.25) is 23.7 Å². The summed E-state index contributed by atoms with van der Waals surface area (Å²) in [6.07, 6.45) is -3.24. The monoisotopic (exact) mass is 314 g/mol. The minimum absolute atomic E-state index is 1.62. The predicted octanol–water partition coefficient (Wildman–Crippen LogP) is -1.65. The molecule has 0 saturated carbocycles. The third-order valence-electron chi connectivity index (χ3n) is 2.38. The quantitative estimate of drug-likeness (QED) is 0.321. The summed E-state index contributed by atoms with van der Waals surface area (Å²) in [7, 11) is -5.57. The molecule has 5 N–H and O–H groups in total. The Morgan fingerprint density at radius 3 is 1.40 bits per heavy atom. The molecule has 0 heterocycles. The molecule has 0 spiro atoms. The van der Waals surface area contributed by atoms with Gasteiger partial charge in [0.25, 0.3) is 10.1 Å². The molecule has 0 bridgehead atoms. The largest absolute Gasteiger partial charge is 0.481 e. The molecule has 12 heteroatoms. The highest BCUT2D eigenvalue weighted by molar-refractivity contribution is 7.87. The fourth-order valence-electron chi connectivity index (χ4n) is 1.70. The lowest BCUT2D eigenvalue weighted by atomic mass is 9.77. The Morgan fingerprint density at radius 1 is 0.900 bits per heavy atom. The molecule has 1 unspecified atom stereocenters. The minimum atomic E-state index is -5.57. The molecule has 0 aromatic carbocycles. The van der Waals surface area contributed by atoms with Crippen LogP contribution in [0.1, 0.15) is 12.8 Å². The third kappa shape index (κ3) is 3.89. The van der Waals surface area contributed by atoms with Crippen LogP contribution < -0.4 is 0 Å². The van der Waals surface area contributed by atoms with Crippen LogP contribution in [0.4, 0.5) is 0 Å². The van der Waals surface area contributed by atoms with Crippen LogP contribution in [0, 0.1) is 5.41 Å². The van der Waals surface area contributed by atoms with Crippen LogP contribution in [0.2, 0.25) is 0 Å². The maximum Gasteiger partial charge on any atom is 0.325 e. The van der Waals surface area contributed by atoms with Crippen molar-refractivity contribution in [3.05, 3.63) is 0 Å². The Labute approximate surface area is 111 Å². The molecular formula is C8H10O11S. The van der Waals surface area contributed by atoms with E-state index in [4.69, 9.17) is 25.0 Å². The Balaban J connectivity index is 6.30. The maximum absolute atomic E-state index is 11.1. The number of carbonyl (C=O) groups is 4. The number of carboxylic acids is 4. The van der Waals surface area contributed by atoms with Crippen molar-refractivity contribution < 1.29 is 52.6 Å². The molecule has 0 aromatic heterocycles. The Bertz CT molecular complexity index is 529. The zero-order valence-corrected chi connectivity index (χ0v) is 10.4. The molecule has 0 aromatic rings. The van der Waals surface area contributed by atoms with Crippen molar-refractivity contribution in [3.8, 4) is 0 Å². The van der Waals surface area contributed by atoms with Gasteiger partial charge < -0.3 is 20.4 Å². The highest BCUT2D eigenvalue weighted by Gasteiger charge is 2.58. The van der Waals surface area contributed by atoms with Gasteiger partial charge in [-0.2, -0.15) is 8.42 Å². The van der Waals surface area contributed by atoms with E-state index in [1.54, 1.807) is 0 Å². The van der Waals surface area contributed by atoms with E-state index in [0.29, 0.717) is 0 Å². The summed E-state index contributed by atoms with van der Waals surface area (Å²) in [6.45, 7) is 0. The second kappa shape index (κ2) is 5.83. The molecule has 0 fully saturated rings. The molecule has 0 aliphatic carbocycles. The van der Waals surface area contributed by atoms with E-state index in [1.807, 2.05) is 0 Å². The second-order valence-electron chi connectivity index (χ2n) is 3.84. The van der Waals surface area contributed by atoms with E-state index >= 15 is 0 Å². The number of carboxylic acid groups (broad SMARTS) is 4. The SMILES string of the molecule is O=C(O)CC(CC(=O)O)(C(=O)O)C(C(=O)O)S(=O)(=O)O. The maximum atomic E-state index is 11.1. The van der Waals surface area contributed by atoms with Gasteiger partial charge in [-0.15, -0.1) is 0 Å². The van der Waals surface area contributed by atoms with Crippen LogP contribution in [0.15, 0.2) is 0 Å². The molecule has 11 nitrogen and oxygen atoms in total. The molecule has 0 radical (unpaired) electrons. The summed E-state index contributed by atoms with van der Waals surface area (Å²) < 4.78 is 30.8. The summed E-state index contributed by atoms with van der Waals surface area (Å²) >= 11 is 0. The second-order valence-corrected chi connectivity index (χ2v) is 5.34. The number of aliphatic carboxylic acids is 4. The minimum Gasteiger partial charge on any atom is -0.481 e. The molecular weight excluding hydrogens is 304 g/mol. The Hall–Kier alpha value is -2.21. The lowest BCUT2D eigenvalue weighted by Crippen LogP contribution is -2.53. The van der Waals surface area contributed by atoms with Crippen molar-refractivity contribution in [1.82, 2.24) is 0 Å². The van der Waals surface area contributed by atoms with Gasteiger partial charge in [0, 0.05) is 0 Å². The topological polar surface area (TPSA) is 204 Å². The van der Waals surface area contributed by atoms with Crippen molar-refractivity contribution in [2.75, 3.05) is 0 Å². The van der Waals surface area contributed by atoms with E-state index in [0.717, 1.165) is 0 Å². The fraction of sp³-hybridized carbons (Fsp3) is 0.500. The highest BCUT2D eigenvalue weighted by atomic mass is 32.2. The van der Waals surface area contributed by atoms with E-state index in [-0.39, 0.29) is 0 Å². The van der Waals surface area contributed by atoms with Crippen LogP contribution in [0.25, 0.3) is 0 Å². The molecule has 114 valence electrons. The first-order valence-corrected chi connectivity index (χ1v) is 6.21. The molecule has 20 heavy (non-hydrogen) atoms. The first-order chi connectivity index (χ1) is 8.84. The van der Waals surface area contributed by atoms with Gasteiger partial charge in [-0.05, 0) is 0 Å². The van der Waals surface area contributed by atoms with Gasteiger partial charge in [-0.25, -0.2) is 0 Å². The lowest BCUT2D eigenvalue weighted by Gasteiger charge is -2.29. The number of hydrogen-bond donors (Lipinski definition) is 5. The third-order valence-corrected chi connectivity index (χ3v) is 3.63. The summed E-state index contributed by atoms with van der Waals surface area (Å²) in [6, 6.07) is 0. The summed E-state index contributed by atoms with van der Waals surface area (Å²) in [5, 5.41) is 31.7. The molecule has 0 aliphatic heterocycles. The van der Waals surface area contributed by atoms with E-state index in [9.17, 15) is 27.6 Å². The van der Waals surface area contributed by atoms with E-state index in [2.05, 4.69) is 0 Å². The van der Waals surface area contributed by atoms with Gasteiger partial charge in [0.2, 0.25) is 5.25 Å². The molecule has 0 saturated heterocycles. The normalized spacial score (nSPS) is 13.4. The average molecular weight is 314 g/mol. The van der Waals surface area contributed by atoms with Crippen LogP contribution in [-0.2, 0) is 29.3 Å². The van der Waals surface area contributed by atoms with Gasteiger partial charge in [0.15, 0.2) is 0 Å². The Kier molecular flexibility index (Phi) is 5.19. The van der Waals surface area contributed by atoms with Gasteiger partial charge in [0.1, 0.15) is 5.41 Å². The molecule has 0 rings (SSSR count). The first-order valence-electron chi connectivity index (χ1n) is 4.70. The van der Waals surface area contributed by atoms with Crippen LogP contribution in [0.3, 0.4) is 0 Å². The van der Waals surface area contributed by atoms with Crippen molar-refractivity contribution in [2.45, 2.75) is 18.1 Å². The zero-order valence-electron chi connectivity index (χ0n) is 9.59. The summed E-state index contributed by atoms with van der Waals surface area (Å²) in [4.78, 5) is 43.2. The smallest absolute Gasteiger partial charge is 0.325 e. The Morgan fingerprint density at radius 2 is 1.25 bits per heavy atom. The summed E-state index contributed by atoms with van der Waals surface area (Å²) in [5.74, 6) is -8.54. The van der Waals surface area contributed by atoms with Crippen molar-refractivity contribution in [2.24, 2.45) is 5.41 Å². The van der Waals surface area contributed by atoms with Crippen LogP contribution in [0.5, 0.6) is 0 Å². The van der Waals surface area contributed by atoms with Crippen molar-refractivity contribution >= 4 is 34.0 Å². The molecule has 0 aliphatic rings. The van der Waals surface area contributed by atoms with Gasteiger partial charge >= 0.3 is 23.9 Å². The van der Waals surface area contributed by atoms with E-state index < -0.39 is 57.5 Å². The molecule has 1 atom stereocenters. The first kappa shape index (κ1) is 17.8. The van der Waals surface area contributed by atoms with Crippen molar-refractivity contribution in [3.63, 3.8) is 0 Å². The molecule has 0 amide bonds. The number of hydrogen-bond acceptors (Lipinski definition) is 6. The van der Waals surface area contributed by atoms with Crippen LogP contribution >= 0.6 is 0 Å². The highest BCUT2D eigenvalue weighted by Crippen LogP contribution is 2.36. The van der Waals surface area contributed by atoms with Gasteiger partial charge in [-0.1, -0.05) is 0 Å². The van der Waals surface area contributed by atoms with Crippen LogP contribution in [-0.4, -0.2) is 62.5 Å².